The van der Waals surface area contributed by atoms with Crippen LogP contribution in [0.15, 0.2) is 53.0 Å². The van der Waals surface area contributed by atoms with E-state index in [0.717, 1.165) is 34.7 Å². The Bertz CT molecular complexity index is 1070. The smallest absolute Gasteiger partial charge is 0.242 e. The molecule has 2 amide bonds. The minimum absolute atomic E-state index is 0.126. The van der Waals surface area contributed by atoms with Gasteiger partial charge in [0.25, 0.3) is 0 Å². The Hall–Kier alpha value is -2.39. The molecular formula is C26H36BrN3O4S. The summed E-state index contributed by atoms with van der Waals surface area (Å²) in [6.45, 7) is 6.76. The topological polar surface area (TPSA) is 86.8 Å². The van der Waals surface area contributed by atoms with Gasteiger partial charge >= 0.3 is 0 Å². The van der Waals surface area contributed by atoms with E-state index >= 15 is 0 Å². The molecule has 2 aromatic rings. The molecule has 0 aliphatic rings. The number of nitrogens with zero attached hydrogens (tertiary/aromatic N) is 2. The van der Waals surface area contributed by atoms with Crippen molar-refractivity contribution in [2.75, 3.05) is 23.7 Å². The Kier molecular flexibility index (Phi) is 11.2. The summed E-state index contributed by atoms with van der Waals surface area (Å²) in [5, 5.41) is 2.91. The van der Waals surface area contributed by atoms with Crippen molar-refractivity contribution in [1.82, 2.24) is 10.2 Å². The van der Waals surface area contributed by atoms with Crippen molar-refractivity contribution in [3.8, 4) is 0 Å². The lowest BCUT2D eigenvalue weighted by molar-refractivity contribution is -0.140. The molecule has 0 heterocycles. The Labute approximate surface area is 218 Å². The molecule has 0 bridgehead atoms. The first-order valence-electron chi connectivity index (χ1n) is 11.9. The summed E-state index contributed by atoms with van der Waals surface area (Å²) in [7, 11) is -3.50. The fourth-order valence-electron chi connectivity index (χ4n) is 3.62. The van der Waals surface area contributed by atoms with E-state index in [1.807, 2.05) is 43.3 Å². The zero-order chi connectivity index (χ0) is 26.0. The average Bonchev–Trinajstić information content (AvgIpc) is 2.81. The average molecular weight is 567 g/mol. The summed E-state index contributed by atoms with van der Waals surface area (Å²) < 4.78 is 27.0. The summed E-state index contributed by atoms with van der Waals surface area (Å²) in [5.74, 6) is -0.384. The molecule has 1 N–H and O–H groups in total. The zero-order valence-corrected chi connectivity index (χ0v) is 23.4. The second-order valence-electron chi connectivity index (χ2n) is 8.74. The maximum Gasteiger partial charge on any atom is 0.242 e. The molecule has 7 nitrogen and oxygen atoms in total. The number of aryl methyl sites for hydroxylation is 1. The van der Waals surface area contributed by atoms with Gasteiger partial charge in [-0.3, -0.25) is 13.9 Å². The van der Waals surface area contributed by atoms with Gasteiger partial charge in [-0.15, -0.1) is 0 Å². The largest absolute Gasteiger partial charge is 0.354 e. The highest BCUT2D eigenvalue weighted by molar-refractivity contribution is 9.10. The minimum atomic E-state index is -3.50. The highest BCUT2D eigenvalue weighted by atomic mass is 79.9. The molecule has 0 aliphatic carbocycles. The molecule has 0 aliphatic heterocycles. The van der Waals surface area contributed by atoms with Crippen molar-refractivity contribution < 1.29 is 18.0 Å². The number of rotatable bonds is 13. The number of unbranched alkanes of at least 4 members (excludes halogenated alkanes) is 1. The summed E-state index contributed by atoms with van der Waals surface area (Å²) in [6.07, 6.45) is 3.46. The van der Waals surface area contributed by atoms with Gasteiger partial charge < -0.3 is 10.2 Å². The third kappa shape index (κ3) is 9.29. The van der Waals surface area contributed by atoms with Crippen LogP contribution in [-0.2, 0) is 26.2 Å². The van der Waals surface area contributed by atoms with Gasteiger partial charge in [-0.1, -0.05) is 59.1 Å². The quantitative estimate of drug-likeness (QED) is 0.358. The lowest BCUT2D eigenvalue weighted by Gasteiger charge is -2.29. The van der Waals surface area contributed by atoms with Crippen LogP contribution in [0.5, 0.6) is 0 Å². The monoisotopic (exact) mass is 565 g/mol. The van der Waals surface area contributed by atoms with E-state index in [-0.39, 0.29) is 24.8 Å². The summed E-state index contributed by atoms with van der Waals surface area (Å²) in [5.41, 5.74) is 2.51. The first-order valence-corrected chi connectivity index (χ1v) is 14.5. The number of carbonyl (C=O) groups excluding carboxylic acids is 2. The number of amides is 2. The van der Waals surface area contributed by atoms with Crippen LogP contribution < -0.4 is 9.62 Å². The van der Waals surface area contributed by atoms with Gasteiger partial charge in [-0.2, -0.15) is 0 Å². The van der Waals surface area contributed by atoms with Crippen LogP contribution in [0, 0.1) is 6.92 Å². The summed E-state index contributed by atoms with van der Waals surface area (Å²) >= 11 is 3.42. The van der Waals surface area contributed by atoms with Crippen LogP contribution in [0.1, 0.15) is 50.7 Å². The van der Waals surface area contributed by atoms with Crippen molar-refractivity contribution in [3.63, 3.8) is 0 Å². The SMILES string of the molecule is CCCCNC(=O)[C@@H](C)N(Cc1ccc(Br)cc1)C(=O)CCCN(c1ccc(C)cc1)S(C)(=O)=O. The predicted octanol–water partition coefficient (Wildman–Crippen LogP) is 4.64. The fraction of sp³-hybridized carbons (Fsp3) is 0.462. The molecule has 2 rings (SSSR count). The van der Waals surface area contributed by atoms with E-state index in [2.05, 4.69) is 28.2 Å². The first kappa shape index (κ1) is 28.8. The second-order valence-corrected chi connectivity index (χ2v) is 11.6. The number of nitrogens with one attached hydrogen (secondary N) is 1. The molecule has 192 valence electrons. The Morgan fingerprint density at radius 1 is 1.03 bits per heavy atom. The number of sulfonamides is 1. The third-order valence-corrected chi connectivity index (χ3v) is 7.46. The lowest BCUT2D eigenvalue weighted by Crippen LogP contribution is -2.47. The zero-order valence-electron chi connectivity index (χ0n) is 21.0. The van der Waals surface area contributed by atoms with E-state index in [4.69, 9.17) is 0 Å². The van der Waals surface area contributed by atoms with Crippen LogP contribution in [0.3, 0.4) is 0 Å². The van der Waals surface area contributed by atoms with Gasteiger partial charge in [0.2, 0.25) is 21.8 Å². The molecule has 0 unspecified atom stereocenters. The van der Waals surface area contributed by atoms with Gasteiger partial charge in [0.15, 0.2) is 0 Å². The molecule has 0 saturated carbocycles. The standard InChI is InChI=1S/C26H36BrN3O4S/c1-5-6-17-28-26(32)21(3)29(19-22-11-13-23(27)14-12-22)25(31)8-7-18-30(35(4,33)34)24-15-9-20(2)10-16-24/h9-16,21H,5-8,17-19H2,1-4H3,(H,28,32)/t21-/m1/s1. The van der Waals surface area contributed by atoms with Crippen LogP contribution in [0.25, 0.3) is 0 Å². The van der Waals surface area contributed by atoms with Crippen LogP contribution >= 0.6 is 15.9 Å². The fourth-order valence-corrected chi connectivity index (χ4v) is 4.85. The highest BCUT2D eigenvalue weighted by Crippen LogP contribution is 2.20. The van der Waals surface area contributed by atoms with Crippen molar-refractivity contribution in [1.29, 1.82) is 0 Å². The number of carbonyl (C=O) groups is 2. The Balaban J connectivity index is 2.12. The van der Waals surface area contributed by atoms with Gasteiger partial charge in [-0.25, -0.2) is 8.42 Å². The Morgan fingerprint density at radius 2 is 1.66 bits per heavy atom. The van der Waals surface area contributed by atoms with Gasteiger partial charge in [0.1, 0.15) is 6.04 Å². The molecule has 0 fully saturated rings. The third-order valence-electron chi connectivity index (χ3n) is 5.74. The highest BCUT2D eigenvalue weighted by Gasteiger charge is 2.26. The normalized spacial score (nSPS) is 12.1. The lowest BCUT2D eigenvalue weighted by atomic mass is 10.1. The van der Waals surface area contributed by atoms with Crippen molar-refractivity contribution in [3.05, 3.63) is 64.1 Å². The molecule has 2 aromatic carbocycles. The maximum atomic E-state index is 13.3. The van der Waals surface area contributed by atoms with Crippen molar-refractivity contribution in [2.45, 2.75) is 59.0 Å². The number of hydrogen-bond acceptors (Lipinski definition) is 4. The van der Waals surface area contributed by atoms with E-state index in [1.54, 1.807) is 24.0 Å². The summed E-state index contributed by atoms with van der Waals surface area (Å²) in [6, 6.07) is 14.2. The second kappa shape index (κ2) is 13.6. The maximum absolute atomic E-state index is 13.3. The van der Waals surface area contributed by atoms with Gasteiger partial charge in [0, 0.05) is 30.5 Å². The van der Waals surface area contributed by atoms with Gasteiger partial charge in [-0.05, 0) is 56.5 Å². The van der Waals surface area contributed by atoms with Gasteiger partial charge in [0.05, 0.1) is 11.9 Å². The molecule has 1 atom stereocenters. The van der Waals surface area contributed by atoms with E-state index in [0.29, 0.717) is 25.2 Å². The van der Waals surface area contributed by atoms with Crippen LogP contribution in [0.2, 0.25) is 0 Å². The molecule has 9 heteroatoms. The number of anilines is 1. The van der Waals surface area contributed by atoms with E-state index in [1.165, 1.54) is 4.31 Å². The molecule has 0 radical (unpaired) electrons. The van der Waals surface area contributed by atoms with Crippen LogP contribution in [-0.4, -0.2) is 50.5 Å². The summed E-state index contributed by atoms with van der Waals surface area (Å²) in [4.78, 5) is 27.6. The molecule has 0 saturated heterocycles. The van der Waals surface area contributed by atoms with Crippen LogP contribution in [0.4, 0.5) is 5.69 Å². The van der Waals surface area contributed by atoms with E-state index < -0.39 is 16.1 Å². The number of hydrogen-bond donors (Lipinski definition) is 1. The minimum Gasteiger partial charge on any atom is -0.354 e. The number of benzene rings is 2. The number of halogens is 1. The first-order chi connectivity index (χ1) is 16.5. The van der Waals surface area contributed by atoms with E-state index in [9.17, 15) is 18.0 Å². The van der Waals surface area contributed by atoms with Crippen molar-refractivity contribution >= 4 is 43.5 Å². The molecular weight excluding hydrogens is 530 g/mol. The predicted molar refractivity (Wildman–Crippen MR) is 145 cm³/mol. The van der Waals surface area contributed by atoms with Crippen molar-refractivity contribution in [2.24, 2.45) is 0 Å². The molecule has 0 aromatic heterocycles. The molecule has 0 spiro atoms. The molecule has 35 heavy (non-hydrogen) atoms. The Morgan fingerprint density at radius 3 is 2.23 bits per heavy atom.